The van der Waals surface area contributed by atoms with Crippen molar-refractivity contribution in [2.45, 2.75) is 45.3 Å². The summed E-state index contributed by atoms with van der Waals surface area (Å²) in [5.41, 5.74) is 2.27. The van der Waals surface area contributed by atoms with Gasteiger partial charge in [-0.05, 0) is 37.8 Å². The zero-order chi connectivity index (χ0) is 16.4. The molecule has 6 heteroatoms. The molecule has 0 aliphatic carbocycles. The van der Waals surface area contributed by atoms with Gasteiger partial charge in [0.25, 0.3) is 5.91 Å². The summed E-state index contributed by atoms with van der Waals surface area (Å²) in [5, 5.41) is 3.17. The standard InChI is InChI=1S/C17H23N3O2S/c1-4-15-11(2)7-16(23-15)17(21)19-12-5-6-22-14(8-12)13-9-18-10-20(13)3/h7,9-10,12,14H,4-6,8H2,1-3H3,(H,19,21)/t12-,14+/m0/s1. The lowest BCUT2D eigenvalue weighted by Crippen LogP contribution is -2.39. The first-order chi connectivity index (χ1) is 11.1. The fraction of sp³-hybridized carbons (Fsp3) is 0.529. The highest BCUT2D eigenvalue weighted by Crippen LogP contribution is 2.28. The van der Waals surface area contributed by atoms with Crippen LogP contribution in [0.3, 0.4) is 0 Å². The second kappa shape index (κ2) is 6.84. The minimum absolute atomic E-state index is 0.00201. The summed E-state index contributed by atoms with van der Waals surface area (Å²) in [6.45, 7) is 4.85. The predicted molar refractivity (Wildman–Crippen MR) is 90.8 cm³/mol. The van der Waals surface area contributed by atoms with E-state index in [-0.39, 0.29) is 18.1 Å². The second-order valence-electron chi connectivity index (χ2n) is 6.05. The lowest BCUT2D eigenvalue weighted by Gasteiger charge is -2.30. The minimum Gasteiger partial charge on any atom is -0.372 e. The topological polar surface area (TPSA) is 56.1 Å². The summed E-state index contributed by atoms with van der Waals surface area (Å²) in [6, 6.07) is 2.14. The molecule has 23 heavy (non-hydrogen) atoms. The van der Waals surface area contributed by atoms with Gasteiger partial charge in [-0.2, -0.15) is 0 Å². The van der Waals surface area contributed by atoms with Gasteiger partial charge in [-0.25, -0.2) is 4.98 Å². The van der Waals surface area contributed by atoms with E-state index in [1.54, 1.807) is 17.7 Å². The molecule has 3 heterocycles. The Bertz CT molecular complexity index is 692. The van der Waals surface area contributed by atoms with Gasteiger partial charge in [0.05, 0.1) is 23.1 Å². The number of rotatable bonds is 4. The predicted octanol–water partition coefficient (Wildman–Crippen LogP) is 3.00. The molecule has 1 N–H and O–H groups in total. The summed E-state index contributed by atoms with van der Waals surface area (Å²) < 4.78 is 7.83. The molecule has 1 aliphatic rings. The molecule has 1 saturated heterocycles. The van der Waals surface area contributed by atoms with Crippen LogP contribution in [0.4, 0.5) is 0 Å². The molecule has 1 fully saturated rings. The van der Waals surface area contributed by atoms with Crippen LogP contribution in [0.15, 0.2) is 18.6 Å². The first kappa shape index (κ1) is 16.2. The normalized spacial score (nSPS) is 21.3. The number of ether oxygens (including phenoxy) is 1. The van der Waals surface area contributed by atoms with Crippen LogP contribution in [0.2, 0.25) is 0 Å². The number of hydrogen-bond acceptors (Lipinski definition) is 4. The van der Waals surface area contributed by atoms with Crippen molar-refractivity contribution in [2.75, 3.05) is 6.61 Å². The number of thiophene rings is 1. The Kier molecular flexibility index (Phi) is 4.82. The van der Waals surface area contributed by atoms with Gasteiger partial charge in [0.2, 0.25) is 0 Å². The van der Waals surface area contributed by atoms with E-state index in [1.807, 2.05) is 23.9 Å². The number of nitrogens with one attached hydrogen (secondary N) is 1. The molecule has 5 nitrogen and oxygen atoms in total. The Labute approximate surface area is 140 Å². The first-order valence-electron chi connectivity index (χ1n) is 8.06. The number of amides is 1. The molecule has 0 saturated carbocycles. The van der Waals surface area contributed by atoms with E-state index in [4.69, 9.17) is 4.74 Å². The highest BCUT2D eigenvalue weighted by Gasteiger charge is 2.27. The van der Waals surface area contributed by atoms with Crippen LogP contribution in [0, 0.1) is 6.92 Å². The van der Waals surface area contributed by atoms with Crippen LogP contribution >= 0.6 is 11.3 Å². The SMILES string of the molecule is CCc1sc(C(=O)N[C@H]2CCO[C@@H](c3cncn3C)C2)cc1C. The van der Waals surface area contributed by atoms with Crippen molar-refractivity contribution in [3.63, 3.8) is 0 Å². The maximum atomic E-state index is 12.5. The smallest absolute Gasteiger partial charge is 0.261 e. The molecule has 1 amide bonds. The number of nitrogens with zero attached hydrogens (tertiary/aromatic N) is 2. The van der Waals surface area contributed by atoms with Crippen LogP contribution in [0.25, 0.3) is 0 Å². The fourth-order valence-corrected chi connectivity index (χ4v) is 4.07. The third kappa shape index (κ3) is 3.48. The van der Waals surface area contributed by atoms with Gasteiger partial charge in [-0.1, -0.05) is 6.92 Å². The average Bonchev–Trinajstić information content (AvgIpc) is 3.13. The molecule has 1 aliphatic heterocycles. The largest absolute Gasteiger partial charge is 0.372 e. The van der Waals surface area contributed by atoms with Gasteiger partial charge in [0.1, 0.15) is 6.10 Å². The average molecular weight is 333 g/mol. The van der Waals surface area contributed by atoms with E-state index >= 15 is 0 Å². The Morgan fingerprint density at radius 3 is 3.04 bits per heavy atom. The van der Waals surface area contributed by atoms with Gasteiger partial charge >= 0.3 is 0 Å². The molecule has 2 atom stereocenters. The molecule has 0 aromatic carbocycles. The lowest BCUT2D eigenvalue weighted by molar-refractivity contribution is -0.00298. The maximum absolute atomic E-state index is 12.5. The van der Waals surface area contributed by atoms with E-state index in [2.05, 4.69) is 24.1 Å². The van der Waals surface area contributed by atoms with Crippen LogP contribution in [0.5, 0.6) is 0 Å². The maximum Gasteiger partial charge on any atom is 0.261 e. The molecule has 0 unspecified atom stereocenters. The number of carbonyl (C=O) groups excluding carboxylic acids is 1. The molecule has 124 valence electrons. The molecular weight excluding hydrogens is 310 g/mol. The summed E-state index contributed by atoms with van der Waals surface area (Å²) in [6.07, 6.45) is 6.23. The van der Waals surface area contributed by atoms with Crippen LogP contribution in [-0.4, -0.2) is 28.1 Å². The van der Waals surface area contributed by atoms with Gasteiger partial charge in [-0.3, -0.25) is 4.79 Å². The van der Waals surface area contributed by atoms with Crippen molar-refractivity contribution < 1.29 is 9.53 Å². The number of aromatic nitrogens is 2. The fourth-order valence-electron chi connectivity index (χ4n) is 3.05. The van der Waals surface area contributed by atoms with E-state index < -0.39 is 0 Å². The Morgan fingerprint density at radius 1 is 1.57 bits per heavy atom. The first-order valence-corrected chi connectivity index (χ1v) is 8.88. The van der Waals surface area contributed by atoms with E-state index in [9.17, 15) is 4.79 Å². The summed E-state index contributed by atoms with van der Waals surface area (Å²) in [4.78, 5) is 18.7. The number of imidazole rings is 1. The van der Waals surface area contributed by atoms with Gasteiger partial charge in [0.15, 0.2) is 0 Å². The Hall–Kier alpha value is -1.66. The summed E-state index contributed by atoms with van der Waals surface area (Å²) in [7, 11) is 1.97. The van der Waals surface area contributed by atoms with Gasteiger partial charge in [0, 0.05) is 24.6 Å². The van der Waals surface area contributed by atoms with Crippen LogP contribution in [-0.2, 0) is 18.2 Å². The van der Waals surface area contributed by atoms with Crippen molar-refractivity contribution in [3.05, 3.63) is 39.6 Å². The zero-order valence-corrected chi connectivity index (χ0v) is 14.7. The molecule has 2 aromatic heterocycles. The summed E-state index contributed by atoms with van der Waals surface area (Å²) >= 11 is 1.60. The van der Waals surface area contributed by atoms with Crippen molar-refractivity contribution in [1.82, 2.24) is 14.9 Å². The lowest BCUT2D eigenvalue weighted by atomic mass is 10.0. The van der Waals surface area contributed by atoms with Gasteiger partial charge < -0.3 is 14.6 Å². The molecular formula is C17H23N3O2S. The third-order valence-electron chi connectivity index (χ3n) is 4.37. The summed E-state index contributed by atoms with van der Waals surface area (Å²) in [5.74, 6) is 0.0356. The van der Waals surface area contributed by atoms with E-state index in [0.29, 0.717) is 6.61 Å². The van der Waals surface area contributed by atoms with Crippen molar-refractivity contribution >= 4 is 17.2 Å². The molecule has 0 bridgehead atoms. The number of aryl methyl sites for hydroxylation is 3. The zero-order valence-electron chi connectivity index (χ0n) is 13.8. The second-order valence-corrected chi connectivity index (χ2v) is 7.19. The Balaban J connectivity index is 1.65. The van der Waals surface area contributed by atoms with Crippen LogP contribution in [0.1, 0.15) is 51.7 Å². The van der Waals surface area contributed by atoms with Gasteiger partial charge in [-0.15, -0.1) is 11.3 Å². The monoisotopic (exact) mass is 333 g/mol. The van der Waals surface area contributed by atoms with Crippen molar-refractivity contribution in [2.24, 2.45) is 7.05 Å². The Morgan fingerprint density at radius 2 is 2.39 bits per heavy atom. The third-order valence-corrected chi connectivity index (χ3v) is 5.75. The quantitative estimate of drug-likeness (QED) is 0.936. The molecule has 3 rings (SSSR count). The number of hydrogen-bond donors (Lipinski definition) is 1. The highest BCUT2D eigenvalue weighted by atomic mass is 32.1. The van der Waals surface area contributed by atoms with E-state index in [1.165, 1.54) is 10.4 Å². The van der Waals surface area contributed by atoms with Crippen molar-refractivity contribution in [3.8, 4) is 0 Å². The van der Waals surface area contributed by atoms with Crippen molar-refractivity contribution in [1.29, 1.82) is 0 Å². The number of carbonyl (C=O) groups is 1. The molecule has 2 aromatic rings. The minimum atomic E-state index is -0.00201. The van der Waals surface area contributed by atoms with E-state index in [0.717, 1.165) is 29.8 Å². The highest BCUT2D eigenvalue weighted by molar-refractivity contribution is 7.14. The molecule has 0 spiro atoms. The molecule has 0 radical (unpaired) electrons. The van der Waals surface area contributed by atoms with Crippen LogP contribution < -0.4 is 5.32 Å².